The number of rotatable bonds is 5. The quantitative estimate of drug-likeness (QED) is 0.844. The van der Waals surface area contributed by atoms with Crippen LogP contribution in [-0.2, 0) is 22.4 Å². The lowest BCUT2D eigenvalue weighted by atomic mass is 9.91. The van der Waals surface area contributed by atoms with Gasteiger partial charge in [-0.05, 0) is 48.9 Å². The minimum Gasteiger partial charge on any atom is -0.451 e. The molecule has 0 bridgehead atoms. The number of carbonyl (C=O) groups is 2. The van der Waals surface area contributed by atoms with Gasteiger partial charge in [-0.25, -0.2) is 4.79 Å². The van der Waals surface area contributed by atoms with Crippen molar-refractivity contribution in [1.29, 1.82) is 0 Å². The number of ether oxygens (including phenoxy) is 1. The third-order valence-electron chi connectivity index (χ3n) is 4.29. The summed E-state index contributed by atoms with van der Waals surface area (Å²) in [5.74, 6) is -0.685. The molecule has 0 spiro atoms. The van der Waals surface area contributed by atoms with Gasteiger partial charge in [-0.2, -0.15) is 0 Å². The number of nitrogens with one attached hydrogen (secondary N) is 1. The Labute approximate surface area is 145 Å². The van der Waals surface area contributed by atoms with Crippen molar-refractivity contribution in [3.05, 3.63) is 46.3 Å². The predicted molar refractivity (Wildman–Crippen MR) is 95.3 cm³/mol. The molecule has 1 N–H and O–H groups in total. The molecular weight excluding hydrogens is 322 g/mol. The molecule has 0 unspecified atom stereocenters. The van der Waals surface area contributed by atoms with Crippen LogP contribution in [0.4, 0.5) is 0 Å². The standard InChI is InChI=1S/C19H21NO3S/c1-3-12(2)20-17(21)11-23-19(22)16-10-14-9-8-13-6-4-5-7-15(13)18(14)24-16/h4-7,10,12H,3,8-9,11H2,1-2H3,(H,20,21)/t12-/m1/s1. The van der Waals surface area contributed by atoms with E-state index >= 15 is 0 Å². The fourth-order valence-corrected chi connectivity index (χ4v) is 3.96. The topological polar surface area (TPSA) is 55.4 Å². The van der Waals surface area contributed by atoms with Gasteiger partial charge in [0.15, 0.2) is 6.61 Å². The monoisotopic (exact) mass is 343 g/mol. The highest BCUT2D eigenvalue weighted by Crippen LogP contribution is 2.39. The maximum absolute atomic E-state index is 12.2. The van der Waals surface area contributed by atoms with Crippen LogP contribution < -0.4 is 5.32 Å². The number of thiophene rings is 1. The molecule has 1 aliphatic rings. The van der Waals surface area contributed by atoms with E-state index in [1.165, 1.54) is 28.0 Å². The Kier molecular flexibility index (Phi) is 5.00. The van der Waals surface area contributed by atoms with E-state index in [1.807, 2.05) is 32.0 Å². The minimum absolute atomic E-state index is 0.0850. The molecule has 1 aliphatic carbocycles. The van der Waals surface area contributed by atoms with E-state index in [-0.39, 0.29) is 18.6 Å². The zero-order valence-electron chi connectivity index (χ0n) is 13.9. The lowest BCUT2D eigenvalue weighted by Crippen LogP contribution is -2.35. The number of benzene rings is 1. The van der Waals surface area contributed by atoms with Crippen LogP contribution in [0.5, 0.6) is 0 Å². The number of carbonyl (C=O) groups excluding carboxylic acids is 2. The summed E-state index contributed by atoms with van der Waals surface area (Å²) in [6.07, 6.45) is 2.77. The van der Waals surface area contributed by atoms with Gasteiger partial charge in [0.05, 0.1) is 0 Å². The largest absolute Gasteiger partial charge is 0.451 e. The summed E-state index contributed by atoms with van der Waals surface area (Å²) >= 11 is 1.45. The molecule has 1 heterocycles. The third kappa shape index (κ3) is 3.51. The molecule has 4 nitrogen and oxygen atoms in total. The van der Waals surface area contributed by atoms with E-state index in [2.05, 4.69) is 17.4 Å². The van der Waals surface area contributed by atoms with Crippen LogP contribution in [0.25, 0.3) is 10.4 Å². The van der Waals surface area contributed by atoms with Crippen LogP contribution in [0.1, 0.15) is 41.1 Å². The van der Waals surface area contributed by atoms with Crippen LogP contribution in [0.15, 0.2) is 30.3 Å². The van der Waals surface area contributed by atoms with Crippen molar-refractivity contribution >= 4 is 23.2 Å². The molecule has 0 saturated heterocycles. The van der Waals surface area contributed by atoms with Gasteiger partial charge in [-0.3, -0.25) is 4.79 Å². The summed E-state index contributed by atoms with van der Waals surface area (Å²) in [4.78, 5) is 25.7. The summed E-state index contributed by atoms with van der Waals surface area (Å²) in [7, 11) is 0. The molecule has 1 amide bonds. The molecule has 0 radical (unpaired) electrons. The van der Waals surface area contributed by atoms with Gasteiger partial charge in [0, 0.05) is 10.9 Å². The Morgan fingerprint density at radius 3 is 2.79 bits per heavy atom. The van der Waals surface area contributed by atoms with Gasteiger partial charge < -0.3 is 10.1 Å². The molecular formula is C19H21NO3S. The maximum Gasteiger partial charge on any atom is 0.348 e. The molecule has 24 heavy (non-hydrogen) atoms. The average Bonchev–Trinajstić information content (AvgIpc) is 3.04. The molecule has 3 rings (SSSR count). The Bertz CT molecular complexity index is 766. The molecule has 126 valence electrons. The van der Waals surface area contributed by atoms with Gasteiger partial charge in [0.25, 0.3) is 5.91 Å². The second kappa shape index (κ2) is 7.18. The van der Waals surface area contributed by atoms with Crippen LogP contribution >= 0.6 is 11.3 Å². The van der Waals surface area contributed by atoms with Gasteiger partial charge >= 0.3 is 5.97 Å². The predicted octanol–water partition coefficient (Wildman–Crippen LogP) is 3.59. The van der Waals surface area contributed by atoms with E-state index in [9.17, 15) is 9.59 Å². The van der Waals surface area contributed by atoms with Crippen molar-refractivity contribution in [1.82, 2.24) is 5.32 Å². The molecule has 1 aromatic heterocycles. The van der Waals surface area contributed by atoms with Crippen molar-refractivity contribution in [3.63, 3.8) is 0 Å². The number of aryl methyl sites for hydroxylation is 2. The first-order chi connectivity index (χ1) is 11.6. The number of fused-ring (bicyclic) bond motifs is 3. The van der Waals surface area contributed by atoms with Gasteiger partial charge in [-0.15, -0.1) is 11.3 Å². The van der Waals surface area contributed by atoms with E-state index in [1.54, 1.807) is 0 Å². The first kappa shape index (κ1) is 16.7. The molecule has 0 saturated carbocycles. The van der Waals surface area contributed by atoms with Crippen LogP contribution in [0.2, 0.25) is 0 Å². The van der Waals surface area contributed by atoms with Crippen LogP contribution in [-0.4, -0.2) is 24.5 Å². The zero-order valence-corrected chi connectivity index (χ0v) is 14.7. The molecule has 5 heteroatoms. The summed E-state index contributed by atoms with van der Waals surface area (Å²) < 4.78 is 5.16. The molecule has 1 atom stereocenters. The van der Waals surface area contributed by atoms with Crippen molar-refractivity contribution in [2.45, 2.75) is 39.2 Å². The highest BCUT2D eigenvalue weighted by molar-refractivity contribution is 7.17. The van der Waals surface area contributed by atoms with Gasteiger partial charge in [0.2, 0.25) is 0 Å². The first-order valence-electron chi connectivity index (χ1n) is 8.26. The summed E-state index contributed by atoms with van der Waals surface area (Å²) in [6, 6.07) is 10.3. The van der Waals surface area contributed by atoms with Crippen molar-refractivity contribution in [2.75, 3.05) is 6.61 Å². The molecule has 2 aromatic rings. The van der Waals surface area contributed by atoms with Crippen LogP contribution in [0.3, 0.4) is 0 Å². The first-order valence-corrected chi connectivity index (χ1v) is 9.07. The number of esters is 1. The highest BCUT2D eigenvalue weighted by Gasteiger charge is 2.22. The van der Waals surface area contributed by atoms with Gasteiger partial charge in [-0.1, -0.05) is 31.2 Å². The second-order valence-corrected chi connectivity index (χ2v) is 7.13. The van der Waals surface area contributed by atoms with Crippen molar-refractivity contribution < 1.29 is 14.3 Å². The fourth-order valence-electron chi connectivity index (χ4n) is 2.79. The van der Waals surface area contributed by atoms with E-state index in [0.29, 0.717) is 4.88 Å². The Morgan fingerprint density at radius 1 is 1.25 bits per heavy atom. The third-order valence-corrected chi connectivity index (χ3v) is 5.48. The van der Waals surface area contributed by atoms with E-state index in [4.69, 9.17) is 4.74 Å². The fraction of sp³-hybridized carbons (Fsp3) is 0.368. The smallest absolute Gasteiger partial charge is 0.348 e. The Hall–Kier alpha value is -2.14. The van der Waals surface area contributed by atoms with E-state index < -0.39 is 5.97 Å². The maximum atomic E-state index is 12.2. The highest BCUT2D eigenvalue weighted by atomic mass is 32.1. The molecule has 1 aromatic carbocycles. The van der Waals surface area contributed by atoms with Crippen molar-refractivity contribution in [2.24, 2.45) is 0 Å². The number of hydrogen-bond donors (Lipinski definition) is 1. The van der Waals surface area contributed by atoms with Gasteiger partial charge in [0.1, 0.15) is 4.88 Å². The second-order valence-electron chi connectivity index (χ2n) is 6.08. The number of hydrogen-bond acceptors (Lipinski definition) is 4. The Balaban J connectivity index is 1.68. The Morgan fingerprint density at radius 2 is 2.00 bits per heavy atom. The average molecular weight is 343 g/mol. The minimum atomic E-state index is -0.425. The van der Waals surface area contributed by atoms with E-state index in [0.717, 1.165) is 24.1 Å². The lowest BCUT2D eigenvalue weighted by molar-refractivity contribution is -0.124. The van der Waals surface area contributed by atoms with Crippen LogP contribution in [0, 0.1) is 0 Å². The zero-order chi connectivity index (χ0) is 17.1. The SMILES string of the molecule is CC[C@@H](C)NC(=O)COC(=O)c1cc2c(s1)-c1ccccc1CC2. The number of amides is 1. The molecule has 0 aliphatic heterocycles. The summed E-state index contributed by atoms with van der Waals surface area (Å²) in [5.41, 5.74) is 3.71. The van der Waals surface area contributed by atoms with Crippen molar-refractivity contribution in [3.8, 4) is 10.4 Å². The summed E-state index contributed by atoms with van der Waals surface area (Å²) in [6.45, 7) is 3.68. The summed E-state index contributed by atoms with van der Waals surface area (Å²) in [5, 5.41) is 2.79. The lowest BCUT2D eigenvalue weighted by Gasteiger charge is -2.15. The molecule has 0 fully saturated rings. The normalized spacial score (nSPS) is 13.6.